The Morgan fingerprint density at radius 1 is 0.857 bits per heavy atom. The summed E-state index contributed by atoms with van der Waals surface area (Å²) in [5.41, 5.74) is 1.75. The first kappa shape index (κ1) is 13.8. The van der Waals surface area contributed by atoms with Crippen LogP contribution >= 0.6 is 15.9 Å². The van der Waals surface area contributed by atoms with E-state index in [1.807, 2.05) is 66.7 Å². The van der Waals surface area contributed by atoms with Crippen molar-refractivity contribution in [2.45, 2.75) is 4.83 Å². The Bertz CT molecular complexity index is 770. The molecule has 0 radical (unpaired) electrons. The lowest BCUT2D eigenvalue weighted by molar-refractivity contribution is -0.115. The van der Waals surface area contributed by atoms with Gasteiger partial charge in [0, 0.05) is 5.69 Å². The van der Waals surface area contributed by atoms with E-state index >= 15 is 0 Å². The number of benzene rings is 3. The molecule has 0 aromatic heterocycles. The van der Waals surface area contributed by atoms with Crippen LogP contribution in [0.2, 0.25) is 0 Å². The summed E-state index contributed by atoms with van der Waals surface area (Å²) in [7, 11) is 0. The standard InChI is InChI=1S/C18H14BrNO/c19-17(14-7-2-1-3-8-14)18(21)20-16-11-10-13-6-4-5-9-15(13)12-16/h1-12,17H,(H,20,21). The third kappa shape index (κ3) is 3.14. The summed E-state index contributed by atoms with van der Waals surface area (Å²) in [6.07, 6.45) is 0. The van der Waals surface area contributed by atoms with Gasteiger partial charge in [0.2, 0.25) is 5.91 Å². The highest BCUT2D eigenvalue weighted by Gasteiger charge is 2.16. The number of fused-ring (bicyclic) bond motifs is 1. The average Bonchev–Trinajstić information content (AvgIpc) is 2.55. The van der Waals surface area contributed by atoms with Crippen molar-refractivity contribution in [3.05, 3.63) is 78.4 Å². The van der Waals surface area contributed by atoms with E-state index in [0.717, 1.165) is 22.0 Å². The molecule has 0 saturated carbocycles. The van der Waals surface area contributed by atoms with E-state index in [1.54, 1.807) is 0 Å². The summed E-state index contributed by atoms with van der Waals surface area (Å²) in [5.74, 6) is -0.0727. The maximum absolute atomic E-state index is 12.3. The molecule has 0 heterocycles. The van der Waals surface area contributed by atoms with Crippen LogP contribution in [0, 0.1) is 0 Å². The Morgan fingerprint density at radius 3 is 2.29 bits per heavy atom. The number of anilines is 1. The predicted molar refractivity (Wildman–Crippen MR) is 90.7 cm³/mol. The Labute approximate surface area is 131 Å². The molecule has 0 bridgehead atoms. The first-order valence-corrected chi connectivity index (χ1v) is 7.64. The van der Waals surface area contributed by atoms with Crippen LogP contribution in [0.1, 0.15) is 10.4 Å². The van der Waals surface area contributed by atoms with E-state index in [9.17, 15) is 4.79 Å². The monoisotopic (exact) mass is 339 g/mol. The van der Waals surface area contributed by atoms with Crippen LogP contribution < -0.4 is 5.32 Å². The van der Waals surface area contributed by atoms with Crippen LogP contribution in [0.4, 0.5) is 5.69 Å². The molecule has 3 aromatic rings. The number of hydrogen-bond donors (Lipinski definition) is 1. The molecule has 2 nitrogen and oxygen atoms in total. The Hall–Kier alpha value is -2.13. The predicted octanol–water partition coefficient (Wildman–Crippen LogP) is 4.91. The van der Waals surface area contributed by atoms with E-state index in [0.29, 0.717) is 0 Å². The number of amides is 1. The zero-order valence-corrected chi connectivity index (χ0v) is 12.9. The van der Waals surface area contributed by atoms with Gasteiger partial charge in [-0.2, -0.15) is 0 Å². The minimum absolute atomic E-state index is 0.0727. The molecular formula is C18H14BrNO. The molecule has 0 fully saturated rings. The van der Waals surface area contributed by atoms with Gasteiger partial charge in [-0.05, 0) is 28.5 Å². The van der Waals surface area contributed by atoms with Gasteiger partial charge in [-0.3, -0.25) is 4.79 Å². The SMILES string of the molecule is O=C(Nc1ccc2ccccc2c1)C(Br)c1ccccc1. The van der Waals surface area contributed by atoms with Crippen LogP contribution in [-0.4, -0.2) is 5.91 Å². The zero-order chi connectivity index (χ0) is 14.7. The summed E-state index contributed by atoms with van der Waals surface area (Å²) in [6.45, 7) is 0. The molecular weight excluding hydrogens is 326 g/mol. The fourth-order valence-electron chi connectivity index (χ4n) is 2.25. The van der Waals surface area contributed by atoms with Crippen molar-refractivity contribution in [3.63, 3.8) is 0 Å². The minimum Gasteiger partial charge on any atom is -0.325 e. The van der Waals surface area contributed by atoms with Gasteiger partial charge in [-0.15, -0.1) is 0 Å². The van der Waals surface area contributed by atoms with E-state index in [-0.39, 0.29) is 10.7 Å². The maximum Gasteiger partial charge on any atom is 0.242 e. The van der Waals surface area contributed by atoms with Crippen LogP contribution in [0.3, 0.4) is 0 Å². The van der Waals surface area contributed by atoms with Crippen molar-refractivity contribution in [2.75, 3.05) is 5.32 Å². The van der Waals surface area contributed by atoms with Crippen LogP contribution in [-0.2, 0) is 4.79 Å². The first-order chi connectivity index (χ1) is 10.2. The third-order valence-corrected chi connectivity index (χ3v) is 4.28. The largest absolute Gasteiger partial charge is 0.325 e. The molecule has 0 aliphatic heterocycles. The third-order valence-electron chi connectivity index (χ3n) is 3.34. The Kier molecular flexibility index (Phi) is 4.02. The molecule has 21 heavy (non-hydrogen) atoms. The molecule has 3 aromatic carbocycles. The van der Waals surface area contributed by atoms with Crippen molar-refractivity contribution in [1.82, 2.24) is 0 Å². The van der Waals surface area contributed by atoms with Crippen LogP contribution in [0.25, 0.3) is 10.8 Å². The van der Waals surface area contributed by atoms with Crippen molar-refractivity contribution < 1.29 is 4.79 Å². The number of carbonyl (C=O) groups excluding carboxylic acids is 1. The highest BCUT2D eigenvalue weighted by molar-refractivity contribution is 9.09. The molecule has 3 heteroatoms. The van der Waals surface area contributed by atoms with Crippen molar-refractivity contribution in [3.8, 4) is 0 Å². The van der Waals surface area contributed by atoms with Gasteiger partial charge in [0.1, 0.15) is 4.83 Å². The van der Waals surface area contributed by atoms with Gasteiger partial charge < -0.3 is 5.32 Å². The number of carbonyl (C=O) groups is 1. The molecule has 1 unspecified atom stereocenters. The van der Waals surface area contributed by atoms with E-state index < -0.39 is 0 Å². The Balaban J connectivity index is 1.80. The minimum atomic E-state index is -0.356. The lowest BCUT2D eigenvalue weighted by Gasteiger charge is -2.11. The second-order valence-corrected chi connectivity index (χ2v) is 5.74. The quantitative estimate of drug-likeness (QED) is 0.674. The van der Waals surface area contributed by atoms with Gasteiger partial charge in [-0.25, -0.2) is 0 Å². The highest BCUT2D eigenvalue weighted by atomic mass is 79.9. The molecule has 1 atom stereocenters. The zero-order valence-electron chi connectivity index (χ0n) is 11.3. The topological polar surface area (TPSA) is 29.1 Å². The number of alkyl halides is 1. The molecule has 0 aliphatic carbocycles. The summed E-state index contributed by atoms with van der Waals surface area (Å²) >= 11 is 3.45. The second kappa shape index (κ2) is 6.10. The number of hydrogen-bond acceptors (Lipinski definition) is 1. The Morgan fingerprint density at radius 2 is 1.52 bits per heavy atom. The van der Waals surface area contributed by atoms with Crippen molar-refractivity contribution in [2.24, 2.45) is 0 Å². The first-order valence-electron chi connectivity index (χ1n) is 6.73. The van der Waals surface area contributed by atoms with Gasteiger partial charge >= 0.3 is 0 Å². The smallest absolute Gasteiger partial charge is 0.242 e. The molecule has 0 spiro atoms. The van der Waals surface area contributed by atoms with Crippen molar-refractivity contribution in [1.29, 1.82) is 0 Å². The molecule has 0 saturated heterocycles. The lowest BCUT2D eigenvalue weighted by atomic mass is 10.1. The molecule has 1 amide bonds. The fraction of sp³-hybridized carbons (Fsp3) is 0.0556. The van der Waals surface area contributed by atoms with Gasteiger partial charge in [0.05, 0.1) is 0 Å². The maximum atomic E-state index is 12.3. The van der Waals surface area contributed by atoms with Gasteiger partial charge in [0.25, 0.3) is 0 Å². The molecule has 3 rings (SSSR count). The number of rotatable bonds is 3. The fourth-order valence-corrected chi connectivity index (χ4v) is 2.67. The second-order valence-electron chi connectivity index (χ2n) is 4.82. The van der Waals surface area contributed by atoms with Crippen LogP contribution in [0.5, 0.6) is 0 Å². The molecule has 0 aliphatic rings. The van der Waals surface area contributed by atoms with Gasteiger partial charge in [-0.1, -0.05) is 76.6 Å². The number of halogens is 1. The summed E-state index contributed by atoms with van der Waals surface area (Å²) < 4.78 is 0. The number of nitrogens with one attached hydrogen (secondary N) is 1. The normalized spacial score (nSPS) is 12.0. The average molecular weight is 340 g/mol. The molecule has 104 valence electrons. The summed E-state index contributed by atoms with van der Waals surface area (Å²) in [5, 5.41) is 5.22. The lowest BCUT2D eigenvalue weighted by Crippen LogP contribution is -2.16. The van der Waals surface area contributed by atoms with Gasteiger partial charge in [0.15, 0.2) is 0 Å². The summed E-state index contributed by atoms with van der Waals surface area (Å²) in [6, 6.07) is 23.6. The summed E-state index contributed by atoms with van der Waals surface area (Å²) in [4.78, 5) is 11.9. The van der Waals surface area contributed by atoms with E-state index in [4.69, 9.17) is 0 Å². The highest BCUT2D eigenvalue weighted by Crippen LogP contribution is 2.25. The molecule has 1 N–H and O–H groups in total. The van der Waals surface area contributed by atoms with Crippen molar-refractivity contribution >= 4 is 38.3 Å². The van der Waals surface area contributed by atoms with E-state index in [1.165, 1.54) is 0 Å². The van der Waals surface area contributed by atoms with Crippen LogP contribution in [0.15, 0.2) is 72.8 Å². The van der Waals surface area contributed by atoms with E-state index in [2.05, 4.69) is 27.3 Å².